The molecule has 98 valence electrons. The van der Waals surface area contributed by atoms with E-state index in [0.29, 0.717) is 5.92 Å². The van der Waals surface area contributed by atoms with Crippen LogP contribution in [0, 0.1) is 5.92 Å². The highest BCUT2D eigenvalue weighted by Crippen LogP contribution is 2.24. The third-order valence-electron chi connectivity index (χ3n) is 3.58. The number of amidine groups is 1. The zero-order valence-corrected chi connectivity index (χ0v) is 10.4. The third kappa shape index (κ3) is 2.72. The minimum atomic E-state index is -0.182. The summed E-state index contributed by atoms with van der Waals surface area (Å²) in [5.41, 5.74) is 5.56. The van der Waals surface area contributed by atoms with Crippen LogP contribution in [-0.2, 0) is 6.54 Å². The van der Waals surface area contributed by atoms with Crippen LogP contribution in [0.4, 0.5) is 0 Å². The molecule has 1 aromatic rings. The van der Waals surface area contributed by atoms with E-state index in [1.165, 1.54) is 32.1 Å². The lowest BCUT2D eigenvalue weighted by Gasteiger charge is -2.22. The second-order valence-electron chi connectivity index (χ2n) is 4.87. The molecule has 0 atom stereocenters. The molecule has 1 saturated carbocycles. The Bertz CT molecular complexity index is 487. The second kappa shape index (κ2) is 5.71. The lowest BCUT2D eigenvalue weighted by Crippen LogP contribution is -2.31. The van der Waals surface area contributed by atoms with Gasteiger partial charge in [0, 0.05) is 12.7 Å². The van der Waals surface area contributed by atoms with E-state index in [4.69, 9.17) is 10.9 Å². The van der Waals surface area contributed by atoms with Crippen LogP contribution in [0.15, 0.2) is 28.3 Å². The van der Waals surface area contributed by atoms with Crippen molar-refractivity contribution in [1.82, 2.24) is 4.57 Å². The van der Waals surface area contributed by atoms with E-state index in [-0.39, 0.29) is 17.0 Å². The third-order valence-corrected chi connectivity index (χ3v) is 3.58. The molecule has 3 N–H and O–H groups in total. The van der Waals surface area contributed by atoms with Gasteiger partial charge in [-0.15, -0.1) is 0 Å². The van der Waals surface area contributed by atoms with Crippen molar-refractivity contribution in [1.29, 1.82) is 0 Å². The molecule has 1 aliphatic rings. The van der Waals surface area contributed by atoms with Crippen molar-refractivity contribution in [2.75, 3.05) is 0 Å². The molecule has 0 bridgehead atoms. The Hall–Kier alpha value is -1.78. The second-order valence-corrected chi connectivity index (χ2v) is 4.87. The van der Waals surface area contributed by atoms with E-state index >= 15 is 0 Å². The molecular weight excluding hydrogens is 230 g/mol. The standard InChI is InChI=1S/C13H19N3O2/c14-12(15-18)11-7-4-8-16(13(11)17)9-10-5-2-1-3-6-10/h4,7-8,10,18H,1-3,5-6,9H2,(H2,14,15). The highest BCUT2D eigenvalue weighted by atomic mass is 16.4. The predicted molar refractivity (Wildman–Crippen MR) is 69.8 cm³/mol. The van der Waals surface area contributed by atoms with E-state index < -0.39 is 0 Å². The van der Waals surface area contributed by atoms with Crippen LogP contribution in [0.25, 0.3) is 0 Å². The van der Waals surface area contributed by atoms with Crippen molar-refractivity contribution in [3.8, 4) is 0 Å². The minimum absolute atomic E-state index is 0.127. The average Bonchev–Trinajstić information content (AvgIpc) is 2.41. The normalized spacial score (nSPS) is 17.9. The maximum Gasteiger partial charge on any atom is 0.261 e. The van der Waals surface area contributed by atoms with E-state index in [1.54, 1.807) is 22.9 Å². The summed E-state index contributed by atoms with van der Waals surface area (Å²) in [6.45, 7) is 0.728. The molecule has 5 nitrogen and oxygen atoms in total. The summed E-state index contributed by atoms with van der Waals surface area (Å²) in [6.07, 6.45) is 7.93. The number of pyridine rings is 1. The van der Waals surface area contributed by atoms with Crippen molar-refractivity contribution >= 4 is 5.84 Å². The molecule has 1 fully saturated rings. The van der Waals surface area contributed by atoms with Crippen LogP contribution in [0.5, 0.6) is 0 Å². The van der Waals surface area contributed by atoms with Gasteiger partial charge in [0.2, 0.25) is 0 Å². The van der Waals surface area contributed by atoms with Gasteiger partial charge in [-0.2, -0.15) is 0 Å². The van der Waals surface area contributed by atoms with Crippen molar-refractivity contribution < 1.29 is 5.21 Å². The minimum Gasteiger partial charge on any atom is -0.409 e. The summed E-state index contributed by atoms with van der Waals surface area (Å²) in [5, 5.41) is 11.5. The summed E-state index contributed by atoms with van der Waals surface area (Å²) in [5.74, 6) is 0.442. The SMILES string of the molecule is N/C(=N/O)c1cccn(CC2CCCCC2)c1=O. The molecule has 18 heavy (non-hydrogen) atoms. The molecule has 0 radical (unpaired) electrons. The molecule has 1 aromatic heterocycles. The molecule has 2 rings (SSSR count). The Kier molecular flexibility index (Phi) is 4.02. The monoisotopic (exact) mass is 249 g/mol. The van der Waals surface area contributed by atoms with Gasteiger partial charge in [0.05, 0.1) is 5.56 Å². The van der Waals surface area contributed by atoms with Crippen molar-refractivity contribution in [3.63, 3.8) is 0 Å². The Morgan fingerprint density at radius 3 is 2.83 bits per heavy atom. The Morgan fingerprint density at radius 1 is 1.44 bits per heavy atom. The number of hydrogen-bond donors (Lipinski definition) is 2. The molecule has 0 unspecified atom stereocenters. The summed E-state index contributed by atoms with van der Waals surface area (Å²) in [6, 6.07) is 3.34. The van der Waals surface area contributed by atoms with Crippen LogP contribution < -0.4 is 11.3 Å². The van der Waals surface area contributed by atoms with Crippen LogP contribution >= 0.6 is 0 Å². The molecule has 5 heteroatoms. The Labute approximate surface area is 106 Å². The molecule has 1 heterocycles. The summed E-state index contributed by atoms with van der Waals surface area (Å²) < 4.78 is 1.67. The maximum atomic E-state index is 12.1. The molecule has 0 aromatic carbocycles. The van der Waals surface area contributed by atoms with Gasteiger partial charge < -0.3 is 15.5 Å². The lowest BCUT2D eigenvalue weighted by atomic mass is 9.89. The van der Waals surface area contributed by atoms with Crippen molar-refractivity contribution in [2.24, 2.45) is 16.8 Å². The van der Waals surface area contributed by atoms with Gasteiger partial charge in [0.15, 0.2) is 5.84 Å². The lowest BCUT2D eigenvalue weighted by molar-refractivity contribution is 0.315. The first kappa shape index (κ1) is 12.7. The summed E-state index contributed by atoms with van der Waals surface area (Å²) in [4.78, 5) is 12.1. The molecule has 0 aliphatic heterocycles. The molecule has 0 spiro atoms. The van der Waals surface area contributed by atoms with Crippen LogP contribution in [0.2, 0.25) is 0 Å². The van der Waals surface area contributed by atoms with Crippen LogP contribution in [-0.4, -0.2) is 15.6 Å². The van der Waals surface area contributed by atoms with Gasteiger partial charge >= 0.3 is 0 Å². The van der Waals surface area contributed by atoms with Crippen LogP contribution in [0.3, 0.4) is 0 Å². The average molecular weight is 249 g/mol. The van der Waals surface area contributed by atoms with Gasteiger partial charge in [-0.25, -0.2) is 0 Å². The summed E-state index contributed by atoms with van der Waals surface area (Å²) in [7, 11) is 0. The van der Waals surface area contributed by atoms with E-state index in [1.807, 2.05) is 0 Å². The molecule has 0 amide bonds. The van der Waals surface area contributed by atoms with E-state index in [0.717, 1.165) is 6.54 Å². The number of aromatic nitrogens is 1. The fourth-order valence-corrected chi connectivity index (χ4v) is 2.58. The largest absolute Gasteiger partial charge is 0.409 e. The highest BCUT2D eigenvalue weighted by molar-refractivity contribution is 5.96. The van der Waals surface area contributed by atoms with Gasteiger partial charge in [-0.1, -0.05) is 24.4 Å². The van der Waals surface area contributed by atoms with Gasteiger partial charge in [-0.3, -0.25) is 4.79 Å². The van der Waals surface area contributed by atoms with Crippen LogP contribution in [0.1, 0.15) is 37.7 Å². The number of hydrogen-bond acceptors (Lipinski definition) is 3. The number of oxime groups is 1. The van der Waals surface area contributed by atoms with Gasteiger partial charge in [-0.05, 0) is 30.9 Å². The summed E-state index contributed by atoms with van der Waals surface area (Å²) >= 11 is 0. The quantitative estimate of drug-likeness (QED) is 0.369. The predicted octanol–water partition coefficient (Wildman–Crippen LogP) is 1.52. The number of nitrogens with two attached hydrogens (primary N) is 1. The van der Waals surface area contributed by atoms with E-state index in [9.17, 15) is 4.79 Å². The number of rotatable bonds is 3. The Morgan fingerprint density at radius 2 is 2.17 bits per heavy atom. The van der Waals surface area contributed by atoms with Crippen molar-refractivity contribution in [3.05, 3.63) is 34.2 Å². The fourth-order valence-electron chi connectivity index (χ4n) is 2.58. The zero-order chi connectivity index (χ0) is 13.0. The first-order chi connectivity index (χ1) is 8.72. The first-order valence-electron chi connectivity index (χ1n) is 6.39. The van der Waals surface area contributed by atoms with E-state index in [2.05, 4.69) is 5.16 Å². The van der Waals surface area contributed by atoms with Gasteiger partial charge in [0.25, 0.3) is 5.56 Å². The number of nitrogens with zero attached hydrogens (tertiary/aromatic N) is 2. The fraction of sp³-hybridized carbons (Fsp3) is 0.538. The first-order valence-corrected chi connectivity index (χ1v) is 6.39. The smallest absolute Gasteiger partial charge is 0.261 e. The van der Waals surface area contributed by atoms with Gasteiger partial charge in [0.1, 0.15) is 0 Å². The maximum absolute atomic E-state index is 12.1. The molecule has 0 saturated heterocycles. The highest BCUT2D eigenvalue weighted by Gasteiger charge is 2.15. The zero-order valence-electron chi connectivity index (χ0n) is 10.4. The molecular formula is C13H19N3O2. The Balaban J connectivity index is 2.20. The van der Waals surface area contributed by atoms with Crippen molar-refractivity contribution in [2.45, 2.75) is 38.6 Å². The molecule has 1 aliphatic carbocycles. The topological polar surface area (TPSA) is 80.6 Å².